The highest BCUT2D eigenvalue weighted by Gasteiger charge is 2.67. The Kier molecular flexibility index (Phi) is 5.16. The van der Waals surface area contributed by atoms with E-state index in [2.05, 4.69) is 10.1 Å². The molecule has 1 N–H and O–H groups in total. The lowest BCUT2D eigenvalue weighted by Gasteiger charge is -2.33. The van der Waals surface area contributed by atoms with Crippen LogP contribution in [-0.4, -0.2) is 39.1 Å². The van der Waals surface area contributed by atoms with Crippen LogP contribution in [0.3, 0.4) is 0 Å². The third kappa shape index (κ3) is 3.10. The number of halogens is 4. The zero-order chi connectivity index (χ0) is 16.3. The zero-order valence-electron chi connectivity index (χ0n) is 11.6. The fourth-order valence-corrected chi connectivity index (χ4v) is 1.94. The topological polar surface area (TPSA) is 47.6 Å². The summed E-state index contributed by atoms with van der Waals surface area (Å²) in [6.45, 7) is 0. The van der Waals surface area contributed by atoms with Crippen molar-refractivity contribution in [2.24, 2.45) is 0 Å². The van der Waals surface area contributed by atoms with Crippen LogP contribution >= 0.6 is 0 Å². The number of benzene rings is 1. The van der Waals surface area contributed by atoms with Crippen molar-refractivity contribution in [2.45, 2.75) is 17.9 Å². The van der Waals surface area contributed by atoms with Crippen LogP contribution in [0.5, 0.6) is 5.75 Å². The molecule has 1 aromatic carbocycles. The van der Waals surface area contributed by atoms with Crippen molar-refractivity contribution in [3.05, 3.63) is 29.8 Å². The van der Waals surface area contributed by atoms with E-state index in [1.54, 1.807) is 0 Å². The number of methoxy groups -OCH3 is 2. The first kappa shape index (κ1) is 17.2. The smallest absolute Gasteiger partial charge is 0.435 e. The lowest BCUT2D eigenvalue weighted by Crippen LogP contribution is -2.56. The number of hydrogen-bond acceptors (Lipinski definition) is 4. The molecule has 0 fully saturated rings. The molecule has 118 valence electrons. The molecule has 0 aliphatic rings. The molecule has 1 rings (SSSR count). The molecule has 0 radical (unpaired) electrons. The first-order chi connectivity index (χ1) is 9.72. The van der Waals surface area contributed by atoms with Crippen LogP contribution < -0.4 is 10.1 Å². The highest BCUT2D eigenvalue weighted by molar-refractivity contribution is 5.82. The first-order valence-corrected chi connectivity index (χ1v) is 5.87. The Hall–Kier alpha value is -1.83. The minimum absolute atomic E-state index is 0.0662. The summed E-state index contributed by atoms with van der Waals surface area (Å²) < 4.78 is 62.6. The molecule has 0 spiro atoms. The van der Waals surface area contributed by atoms with Gasteiger partial charge in [0.15, 0.2) is 0 Å². The third-order valence-electron chi connectivity index (χ3n) is 3.03. The molecule has 0 heterocycles. The van der Waals surface area contributed by atoms with E-state index in [9.17, 15) is 22.4 Å². The van der Waals surface area contributed by atoms with Gasteiger partial charge in [-0.2, -0.15) is 13.2 Å². The number of alkyl halides is 4. The fraction of sp³-hybridized carbons (Fsp3) is 0.462. The number of esters is 1. The van der Waals surface area contributed by atoms with E-state index in [4.69, 9.17) is 4.74 Å². The molecule has 1 aromatic rings. The number of carbonyl (C=O) groups excluding carboxylic acids is 1. The van der Waals surface area contributed by atoms with Crippen molar-refractivity contribution in [1.29, 1.82) is 0 Å². The Morgan fingerprint density at radius 2 is 1.67 bits per heavy atom. The Morgan fingerprint density at radius 1 is 1.14 bits per heavy atom. The molecule has 0 bridgehead atoms. The van der Waals surface area contributed by atoms with Gasteiger partial charge in [0.05, 0.1) is 20.3 Å². The lowest BCUT2D eigenvalue weighted by atomic mass is 9.89. The Labute approximate surface area is 119 Å². The Balaban J connectivity index is 3.33. The summed E-state index contributed by atoms with van der Waals surface area (Å²) >= 11 is 0. The van der Waals surface area contributed by atoms with Crippen LogP contribution in [0.1, 0.15) is 11.6 Å². The molecule has 2 unspecified atom stereocenters. The van der Waals surface area contributed by atoms with Crippen molar-refractivity contribution in [3.63, 3.8) is 0 Å². The van der Waals surface area contributed by atoms with Crippen LogP contribution in [0, 0.1) is 0 Å². The monoisotopic (exact) mass is 309 g/mol. The molecule has 0 saturated carbocycles. The molecule has 4 nitrogen and oxygen atoms in total. The van der Waals surface area contributed by atoms with Gasteiger partial charge in [0.2, 0.25) is 0 Å². The molecule has 0 saturated heterocycles. The quantitative estimate of drug-likeness (QED) is 0.670. The van der Waals surface area contributed by atoms with Crippen molar-refractivity contribution >= 4 is 5.97 Å². The highest BCUT2D eigenvalue weighted by Crippen LogP contribution is 2.44. The van der Waals surface area contributed by atoms with Crippen molar-refractivity contribution < 1.29 is 31.8 Å². The first-order valence-electron chi connectivity index (χ1n) is 5.87. The number of nitrogens with one attached hydrogen (secondary N) is 1. The van der Waals surface area contributed by atoms with Gasteiger partial charge in [-0.15, -0.1) is 0 Å². The van der Waals surface area contributed by atoms with Gasteiger partial charge in [-0.1, -0.05) is 12.1 Å². The average molecular weight is 309 g/mol. The summed E-state index contributed by atoms with van der Waals surface area (Å²) in [5.74, 6) is -1.62. The van der Waals surface area contributed by atoms with Crippen molar-refractivity contribution in [3.8, 4) is 5.75 Å². The molecule has 21 heavy (non-hydrogen) atoms. The van der Waals surface area contributed by atoms with Gasteiger partial charge in [0.1, 0.15) is 5.75 Å². The largest absolute Gasteiger partial charge is 0.497 e. The van der Waals surface area contributed by atoms with Gasteiger partial charge >= 0.3 is 17.8 Å². The van der Waals surface area contributed by atoms with Gasteiger partial charge < -0.3 is 14.8 Å². The van der Waals surface area contributed by atoms with E-state index >= 15 is 0 Å². The van der Waals surface area contributed by atoms with Crippen molar-refractivity contribution in [1.82, 2.24) is 5.32 Å². The van der Waals surface area contributed by atoms with E-state index in [1.165, 1.54) is 31.4 Å². The second-order valence-electron chi connectivity index (χ2n) is 4.20. The molecular weight excluding hydrogens is 294 g/mol. The Bertz CT molecular complexity index is 489. The molecule has 2 atom stereocenters. The van der Waals surface area contributed by atoms with E-state index in [1.807, 2.05) is 0 Å². The van der Waals surface area contributed by atoms with E-state index in [0.717, 1.165) is 7.05 Å². The predicted molar refractivity (Wildman–Crippen MR) is 66.7 cm³/mol. The number of hydrogen-bond donors (Lipinski definition) is 1. The molecule has 0 aliphatic heterocycles. The molecule has 0 aliphatic carbocycles. The third-order valence-corrected chi connectivity index (χ3v) is 3.03. The normalized spacial score (nSPS) is 16.0. The SMILES string of the molecule is CNC(c1ccc(OC)cc1)C(F)(C(=O)OC)C(F)(F)F. The molecule has 8 heteroatoms. The number of rotatable bonds is 5. The van der Waals surface area contributed by atoms with Gasteiger partial charge in [-0.25, -0.2) is 9.18 Å². The van der Waals surface area contributed by atoms with E-state index < -0.39 is 23.9 Å². The summed E-state index contributed by atoms with van der Waals surface area (Å²) in [5.41, 5.74) is -4.27. The van der Waals surface area contributed by atoms with E-state index in [0.29, 0.717) is 12.9 Å². The predicted octanol–water partition coefficient (Wildman–Crippen LogP) is 2.40. The summed E-state index contributed by atoms with van der Waals surface area (Å²) in [5, 5.41) is 2.18. The van der Waals surface area contributed by atoms with E-state index in [-0.39, 0.29) is 5.56 Å². The summed E-state index contributed by atoms with van der Waals surface area (Å²) in [7, 11) is 3.20. The molecular formula is C13H15F4NO3. The average Bonchev–Trinajstić information content (AvgIpc) is 2.46. The van der Waals surface area contributed by atoms with Gasteiger partial charge in [-0.3, -0.25) is 0 Å². The minimum Gasteiger partial charge on any atom is -0.497 e. The maximum absolute atomic E-state index is 14.5. The Morgan fingerprint density at radius 3 is 2.00 bits per heavy atom. The minimum atomic E-state index is -5.44. The van der Waals surface area contributed by atoms with Crippen LogP contribution in [0.25, 0.3) is 0 Å². The molecule has 0 aromatic heterocycles. The summed E-state index contributed by atoms with van der Waals surface area (Å²) in [6, 6.07) is 3.27. The summed E-state index contributed by atoms with van der Waals surface area (Å²) in [6.07, 6.45) is -5.44. The number of ether oxygens (including phenoxy) is 2. The zero-order valence-corrected chi connectivity index (χ0v) is 11.6. The van der Waals surface area contributed by atoms with Gasteiger partial charge in [0, 0.05) is 0 Å². The van der Waals surface area contributed by atoms with Crippen LogP contribution in [0.2, 0.25) is 0 Å². The van der Waals surface area contributed by atoms with Crippen LogP contribution in [0.15, 0.2) is 24.3 Å². The molecule has 0 amide bonds. The van der Waals surface area contributed by atoms with Crippen LogP contribution in [0.4, 0.5) is 17.6 Å². The summed E-state index contributed by atoms with van der Waals surface area (Å²) in [4.78, 5) is 11.4. The maximum atomic E-state index is 14.5. The standard InChI is InChI=1S/C13H15F4NO3/c1-18-10(8-4-6-9(20-2)7-5-8)12(14,11(19)21-3)13(15,16)17/h4-7,10,18H,1-3H3. The van der Waals surface area contributed by atoms with Crippen molar-refractivity contribution in [2.75, 3.05) is 21.3 Å². The lowest BCUT2D eigenvalue weighted by molar-refractivity contribution is -0.246. The second kappa shape index (κ2) is 6.30. The highest BCUT2D eigenvalue weighted by atomic mass is 19.4. The second-order valence-corrected chi connectivity index (χ2v) is 4.20. The van der Waals surface area contributed by atoms with Gasteiger partial charge in [0.25, 0.3) is 0 Å². The fourth-order valence-electron chi connectivity index (χ4n) is 1.94. The maximum Gasteiger partial charge on any atom is 0.435 e. The number of carbonyl (C=O) groups is 1. The van der Waals surface area contributed by atoms with Crippen LogP contribution in [-0.2, 0) is 9.53 Å². The van der Waals surface area contributed by atoms with Gasteiger partial charge in [-0.05, 0) is 24.7 Å².